The molecule has 0 aromatic heterocycles. The highest BCUT2D eigenvalue weighted by molar-refractivity contribution is 7.87. The van der Waals surface area contributed by atoms with E-state index in [9.17, 15) is 22.0 Å². The molecular formula is C32H30F2N2O6S. The highest BCUT2D eigenvalue weighted by atomic mass is 32.2. The maximum absolute atomic E-state index is 14.2. The average molecular weight is 609 g/mol. The van der Waals surface area contributed by atoms with Crippen LogP contribution in [0, 0.1) is 18.6 Å². The summed E-state index contributed by atoms with van der Waals surface area (Å²) in [4.78, 5) is 14.2. The number of nitrogens with zero attached hydrogens (tertiary/aromatic N) is 1. The first kappa shape index (κ1) is 29.8. The number of nitrogens with one attached hydrogen (secondary N) is 1. The van der Waals surface area contributed by atoms with Crippen molar-refractivity contribution in [2.24, 2.45) is 0 Å². The number of carbonyl (C=O) groups excluding carboxylic acids is 1. The minimum atomic E-state index is -4.47. The number of fused-ring (bicyclic) bond motifs is 1. The lowest BCUT2D eigenvalue weighted by atomic mass is 9.91. The highest BCUT2D eigenvalue weighted by Crippen LogP contribution is 2.45. The van der Waals surface area contributed by atoms with Crippen LogP contribution in [0.25, 0.3) is 11.1 Å². The molecule has 5 rings (SSSR count). The van der Waals surface area contributed by atoms with E-state index in [2.05, 4.69) is 5.32 Å². The molecule has 1 amide bonds. The van der Waals surface area contributed by atoms with Crippen LogP contribution >= 0.6 is 0 Å². The van der Waals surface area contributed by atoms with Crippen LogP contribution in [0.15, 0.2) is 77.7 Å². The minimum absolute atomic E-state index is 0.0361. The van der Waals surface area contributed by atoms with Crippen LogP contribution in [0.2, 0.25) is 0 Å². The smallest absolute Gasteiger partial charge is 0.342 e. The second-order valence-corrected chi connectivity index (χ2v) is 12.1. The predicted molar refractivity (Wildman–Crippen MR) is 159 cm³/mol. The summed E-state index contributed by atoms with van der Waals surface area (Å²) in [6.07, 6.45) is 0. The SMILES string of the molecule is COc1cc(OS(=O)(=O)c2ccccc2F)ccc1-c1ccc2c(c1COc1cc(F)ccc1C)N(C)C(=O)C(C)(C)N2. The van der Waals surface area contributed by atoms with Crippen LogP contribution in [0.1, 0.15) is 25.0 Å². The molecule has 224 valence electrons. The van der Waals surface area contributed by atoms with Crippen LogP contribution in [0.5, 0.6) is 17.2 Å². The maximum atomic E-state index is 14.2. The highest BCUT2D eigenvalue weighted by Gasteiger charge is 2.39. The van der Waals surface area contributed by atoms with Crippen molar-refractivity contribution in [3.63, 3.8) is 0 Å². The molecule has 1 aliphatic rings. The Balaban J connectivity index is 1.60. The number of hydrogen-bond donors (Lipinski definition) is 1. The molecule has 0 radical (unpaired) electrons. The molecule has 8 nitrogen and oxygen atoms in total. The summed E-state index contributed by atoms with van der Waals surface area (Å²) in [5.74, 6) is -1.05. The Kier molecular flexibility index (Phi) is 7.78. The van der Waals surface area contributed by atoms with Crippen LogP contribution in [-0.2, 0) is 21.5 Å². The first-order chi connectivity index (χ1) is 20.3. The third-order valence-electron chi connectivity index (χ3n) is 7.20. The Labute approximate surface area is 248 Å². The lowest BCUT2D eigenvalue weighted by molar-refractivity contribution is -0.121. The molecule has 0 bridgehead atoms. The zero-order valence-corrected chi connectivity index (χ0v) is 25.0. The van der Waals surface area contributed by atoms with Crippen molar-refractivity contribution >= 4 is 27.4 Å². The molecule has 0 spiro atoms. The number of halogens is 2. The van der Waals surface area contributed by atoms with Gasteiger partial charge in [0.25, 0.3) is 5.91 Å². The van der Waals surface area contributed by atoms with Gasteiger partial charge in [0, 0.05) is 30.3 Å². The summed E-state index contributed by atoms with van der Waals surface area (Å²) in [6.45, 7) is 5.33. The van der Waals surface area contributed by atoms with E-state index in [0.29, 0.717) is 33.8 Å². The van der Waals surface area contributed by atoms with Gasteiger partial charge in [0.2, 0.25) is 0 Å². The third-order valence-corrected chi connectivity index (χ3v) is 8.48. The van der Waals surface area contributed by atoms with Gasteiger partial charge in [-0.25, -0.2) is 8.78 Å². The van der Waals surface area contributed by atoms with Crippen molar-refractivity contribution < 1.29 is 35.6 Å². The van der Waals surface area contributed by atoms with E-state index in [4.69, 9.17) is 13.7 Å². The van der Waals surface area contributed by atoms with Crippen molar-refractivity contribution in [1.82, 2.24) is 0 Å². The molecule has 43 heavy (non-hydrogen) atoms. The van der Waals surface area contributed by atoms with Gasteiger partial charge >= 0.3 is 10.1 Å². The van der Waals surface area contributed by atoms with Crippen LogP contribution in [-0.4, -0.2) is 34.0 Å². The zero-order valence-electron chi connectivity index (χ0n) is 24.2. The Morgan fingerprint density at radius 2 is 1.65 bits per heavy atom. The molecule has 0 atom stereocenters. The Morgan fingerprint density at radius 3 is 2.37 bits per heavy atom. The van der Waals surface area contributed by atoms with Gasteiger partial charge in [0.1, 0.15) is 45.9 Å². The fourth-order valence-electron chi connectivity index (χ4n) is 5.07. The number of hydrogen-bond acceptors (Lipinski definition) is 7. The van der Waals surface area contributed by atoms with Crippen molar-refractivity contribution in [3.05, 3.63) is 95.6 Å². The molecule has 4 aromatic carbocycles. The van der Waals surface area contributed by atoms with Crippen molar-refractivity contribution in [2.45, 2.75) is 37.8 Å². The Morgan fingerprint density at radius 1 is 0.930 bits per heavy atom. The van der Waals surface area contributed by atoms with Gasteiger partial charge < -0.3 is 23.9 Å². The lowest BCUT2D eigenvalue weighted by Gasteiger charge is -2.39. The lowest BCUT2D eigenvalue weighted by Crippen LogP contribution is -2.52. The molecule has 1 N–H and O–H groups in total. The standard InChI is InChI=1S/C32H30F2N2O6S/c1-19-10-11-20(33)16-27(19)41-18-24-22(14-15-26-30(24)36(4)31(37)32(2,3)35-26)23-13-12-21(17-28(23)40-5)42-43(38,39)29-9-7-6-8-25(29)34/h6-17,35H,18H2,1-5H3. The van der Waals surface area contributed by atoms with E-state index >= 15 is 0 Å². The van der Waals surface area contributed by atoms with E-state index in [1.807, 2.05) is 12.1 Å². The Bertz CT molecular complexity index is 1840. The number of aryl methyl sites for hydroxylation is 1. The van der Waals surface area contributed by atoms with Crippen LogP contribution in [0.4, 0.5) is 20.2 Å². The summed E-state index contributed by atoms with van der Waals surface area (Å²) in [7, 11) is -1.38. The molecular weight excluding hydrogens is 578 g/mol. The van der Waals surface area contributed by atoms with E-state index < -0.39 is 32.2 Å². The predicted octanol–water partition coefficient (Wildman–Crippen LogP) is 6.46. The molecule has 1 aliphatic heterocycles. The van der Waals surface area contributed by atoms with Gasteiger partial charge in [0.15, 0.2) is 0 Å². The van der Waals surface area contributed by atoms with Gasteiger partial charge in [-0.3, -0.25) is 4.79 Å². The summed E-state index contributed by atoms with van der Waals surface area (Å²) in [5.41, 5.74) is 2.90. The third kappa shape index (κ3) is 5.72. The molecule has 1 heterocycles. The quantitative estimate of drug-likeness (QED) is 0.230. The topological polar surface area (TPSA) is 94.2 Å². The Hall–Kier alpha value is -4.64. The van der Waals surface area contributed by atoms with Gasteiger partial charge in [-0.05, 0) is 68.3 Å². The zero-order chi connectivity index (χ0) is 31.1. The molecule has 0 saturated carbocycles. The minimum Gasteiger partial charge on any atom is -0.496 e. The average Bonchev–Trinajstić information content (AvgIpc) is 2.96. The van der Waals surface area contributed by atoms with Crippen molar-refractivity contribution in [2.75, 3.05) is 24.4 Å². The van der Waals surface area contributed by atoms with Gasteiger partial charge in [-0.15, -0.1) is 0 Å². The molecule has 4 aromatic rings. The second kappa shape index (κ2) is 11.2. The fraction of sp³-hybridized carbons (Fsp3) is 0.219. The van der Waals surface area contributed by atoms with Gasteiger partial charge in [-0.1, -0.05) is 24.3 Å². The number of methoxy groups -OCH3 is 1. The summed E-state index contributed by atoms with van der Waals surface area (Å²) in [5, 5.41) is 3.28. The van der Waals surface area contributed by atoms with Gasteiger partial charge in [0.05, 0.1) is 18.5 Å². The van der Waals surface area contributed by atoms with Crippen molar-refractivity contribution in [3.8, 4) is 28.4 Å². The molecule has 0 saturated heterocycles. The van der Waals surface area contributed by atoms with Crippen LogP contribution < -0.4 is 23.9 Å². The number of likely N-dealkylation sites (N-methyl/N-ethyl adjacent to an activating group) is 1. The number of ether oxygens (including phenoxy) is 2. The monoisotopic (exact) mass is 608 g/mol. The number of benzene rings is 4. The molecule has 0 unspecified atom stereocenters. The fourth-order valence-corrected chi connectivity index (χ4v) is 6.07. The normalized spacial score (nSPS) is 14.1. The van der Waals surface area contributed by atoms with E-state index in [0.717, 1.165) is 17.7 Å². The molecule has 0 aliphatic carbocycles. The van der Waals surface area contributed by atoms with Crippen LogP contribution in [0.3, 0.4) is 0 Å². The number of carbonyl (C=O) groups is 1. The largest absolute Gasteiger partial charge is 0.496 e. The summed E-state index contributed by atoms with van der Waals surface area (Å²) in [6, 6.07) is 17.2. The maximum Gasteiger partial charge on any atom is 0.342 e. The first-order valence-electron chi connectivity index (χ1n) is 13.3. The van der Waals surface area contributed by atoms with E-state index in [-0.39, 0.29) is 24.0 Å². The number of rotatable bonds is 8. The van der Waals surface area contributed by atoms with Gasteiger partial charge in [-0.2, -0.15) is 8.42 Å². The second-order valence-electron chi connectivity index (χ2n) is 10.6. The van der Waals surface area contributed by atoms with E-state index in [1.54, 1.807) is 44.9 Å². The summed E-state index contributed by atoms with van der Waals surface area (Å²) >= 11 is 0. The van der Waals surface area contributed by atoms with E-state index in [1.165, 1.54) is 43.5 Å². The first-order valence-corrected chi connectivity index (χ1v) is 14.7. The molecule has 11 heteroatoms. The van der Waals surface area contributed by atoms with Crippen molar-refractivity contribution in [1.29, 1.82) is 0 Å². The number of anilines is 2. The molecule has 0 fully saturated rings. The number of amides is 1. The summed E-state index contributed by atoms with van der Waals surface area (Å²) < 4.78 is 70.8.